The highest BCUT2D eigenvalue weighted by molar-refractivity contribution is 6.43. The molecular weight excluding hydrogens is 428 g/mol. The normalized spacial score (nSPS) is 14.5. The number of amides is 1. The van der Waals surface area contributed by atoms with E-state index < -0.39 is 11.7 Å². The number of H-pyrrole nitrogens is 1. The summed E-state index contributed by atoms with van der Waals surface area (Å²) < 4.78 is 7.12. The SMILES string of the molecule is COc1ccc2[nH]cc(C3CCN(C(=O)C(=O)c4c(C)nn(-c5ccccc5)c4C)CC3)c2c1. The minimum atomic E-state index is -0.479. The van der Waals surface area contributed by atoms with Gasteiger partial charge in [-0.2, -0.15) is 5.10 Å². The molecule has 0 bridgehead atoms. The topological polar surface area (TPSA) is 80.2 Å². The van der Waals surface area contributed by atoms with Gasteiger partial charge in [-0.05, 0) is 68.5 Å². The van der Waals surface area contributed by atoms with Gasteiger partial charge in [0, 0.05) is 30.2 Å². The van der Waals surface area contributed by atoms with Crippen molar-refractivity contribution in [1.82, 2.24) is 19.7 Å². The molecule has 4 aromatic rings. The van der Waals surface area contributed by atoms with E-state index in [-0.39, 0.29) is 0 Å². The molecule has 0 spiro atoms. The first-order chi connectivity index (χ1) is 16.5. The van der Waals surface area contributed by atoms with Gasteiger partial charge >= 0.3 is 0 Å². The number of likely N-dealkylation sites (tertiary alicyclic amines) is 1. The second-order valence-electron chi connectivity index (χ2n) is 8.84. The number of aryl methyl sites for hydroxylation is 1. The average molecular weight is 457 g/mol. The number of hydrogen-bond acceptors (Lipinski definition) is 4. The van der Waals surface area contributed by atoms with E-state index in [1.807, 2.05) is 49.4 Å². The largest absolute Gasteiger partial charge is 0.497 e. The number of ketones is 1. The molecule has 0 aliphatic carbocycles. The predicted octanol–water partition coefficient (Wildman–Crippen LogP) is 4.57. The van der Waals surface area contributed by atoms with Crippen LogP contribution in [0.2, 0.25) is 0 Å². The lowest BCUT2D eigenvalue weighted by molar-refractivity contribution is -0.127. The van der Waals surface area contributed by atoms with Gasteiger partial charge in [0.1, 0.15) is 5.75 Å². The molecule has 1 aliphatic rings. The van der Waals surface area contributed by atoms with Crippen LogP contribution in [0, 0.1) is 13.8 Å². The van der Waals surface area contributed by atoms with Gasteiger partial charge in [0.25, 0.3) is 11.7 Å². The first-order valence-electron chi connectivity index (χ1n) is 11.6. The fourth-order valence-corrected chi connectivity index (χ4v) is 5.02. The molecule has 0 saturated carbocycles. The van der Waals surface area contributed by atoms with Gasteiger partial charge < -0.3 is 14.6 Å². The minimum absolute atomic E-state index is 0.323. The number of carbonyl (C=O) groups excluding carboxylic acids is 2. The lowest BCUT2D eigenvalue weighted by Gasteiger charge is -2.31. The van der Waals surface area contributed by atoms with Crippen LogP contribution < -0.4 is 4.74 Å². The summed E-state index contributed by atoms with van der Waals surface area (Å²) >= 11 is 0. The van der Waals surface area contributed by atoms with Crippen molar-refractivity contribution < 1.29 is 14.3 Å². The smallest absolute Gasteiger partial charge is 0.295 e. The van der Waals surface area contributed by atoms with Crippen molar-refractivity contribution in [2.24, 2.45) is 0 Å². The molecule has 3 heterocycles. The number of aromatic amines is 1. The Kier molecular flexibility index (Phi) is 5.69. The highest BCUT2D eigenvalue weighted by atomic mass is 16.5. The third-order valence-corrected chi connectivity index (χ3v) is 6.86. The predicted molar refractivity (Wildman–Crippen MR) is 131 cm³/mol. The molecule has 0 unspecified atom stereocenters. The van der Waals surface area contributed by atoms with E-state index in [0.29, 0.717) is 36.0 Å². The highest BCUT2D eigenvalue weighted by Gasteiger charge is 2.32. The Balaban J connectivity index is 1.31. The van der Waals surface area contributed by atoms with E-state index in [1.165, 1.54) is 5.56 Å². The maximum absolute atomic E-state index is 13.2. The van der Waals surface area contributed by atoms with Crippen molar-refractivity contribution in [2.45, 2.75) is 32.6 Å². The van der Waals surface area contributed by atoms with Crippen LogP contribution in [0.4, 0.5) is 0 Å². The zero-order valence-corrected chi connectivity index (χ0v) is 19.7. The summed E-state index contributed by atoms with van der Waals surface area (Å²) in [4.78, 5) is 31.4. The third-order valence-electron chi connectivity index (χ3n) is 6.86. The number of rotatable bonds is 5. The molecule has 1 fully saturated rings. The number of carbonyl (C=O) groups is 2. The molecular formula is C27H28N4O3. The fraction of sp³-hybridized carbons (Fsp3) is 0.296. The number of nitrogens with one attached hydrogen (secondary N) is 1. The van der Waals surface area contributed by atoms with E-state index in [9.17, 15) is 9.59 Å². The van der Waals surface area contributed by atoms with Gasteiger partial charge in [-0.3, -0.25) is 9.59 Å². The molecule has 1 aliphatic heterocycles. The van der Waals surface area contributed by atoms with E-state index in [2.05, 4.69) is 22.3 Å². The zero-order valence-electron chi connectivity index (χ0n) is 19.7. The molecule has 5 rings (SSSR count). The van der Waals surface area contributed by atoms with E-state index in [1.54, 1.807) is 23.6 Å². The Labute approximate surface area is 198 Å². The molecule has 1 N–H and O–H groups in total. The van der Waals surface area contributed by atoms with E-state index in [0.717, 1.165) is 35.2 Å². The number of Topliss-reactive ketones (excluding diaryl/α,β-unsaturated/α-hetero) is 1. The number of aromatic nitrogens is 3. The molecule has 0 atom stereocenters. The van der Waals surface area contributed by atoms with Gasteiger partial charge in [0.2, 0.25) is 0 Å². The number of ether oxygens (including phenoxy) is 1. The van der Waals surface area contributed by atoms with E-state index in [4.69, 9.17) is 4.74 Å². The number of methoxy groups -OCH3 is 1. The van der Waals surface area contributed by atoms with Crippen LogP contribution in [0.25, 0.3) is 16.6 Å². The van der Waals surface area contributed by atoms with Crippen LogP contribution in [-0.2, 0) is 4.79 Å². The number of para-hydroxylation sites is 1. The minimum Gasteiger partial charge on any atom is -0.497 e. The lowest BCUT2D eigenvalue weighted by atomic mass is 9.89. The second-order valence-corrected chi connectivity index (χ2v) is 8.84. The third kappa shape index (κ3) is 3.77. The number of nitrogens with zero attached hydrogens (tertiary/aromatic N) is 3. The molecule has 1 saturated heterocycles. The van der Waals surface area contributed by atoms with Crippen LogP contribution in [-0.4, -0.2) is 51.6 Å². The summed E-state index contributed by atoms with van der Waals surface area (Å²) in [5, 5.41) is 5.68. The highest BCUT2D eigenvalue weighted by Crippen LogP contribution is 2.35. The maximum Gasteiger partial charge on any atom is 0.295 e. The van der Waals surface area contributed by atoms with Crippen molar-refractivity contribution in [3.63, 3.8) is 0 Å². The number of fused-ring (bicyclic) bond motifs is 1. The summed E-state index contributed by atoms with van der Waals surface area (Å²) in [7, 11) is 1.67. The van der Waals surface area contributed by atoms with Gasteiger partial charge in [-0.15, -0.1) is 0 Å². The van der Waals surface area contributed by atoms with Crippen molar-refractivity contribution in [3.8, 4) is 11.4 Å². The van der Waals surface area contributed by atoms with Gasteiger partial charge in [0.05, 0.1) is 29.7 Å². The van der Waals surface area contributed by atoms with Crippen LogP contribution in [0.15, 0.2) is 54.7 Å². The van der Waals surface area contributed by atoms with Crippen LogP contribution in [0.5, 0.6) is 5.75 Å². The molecule has 7 heteroatoms. The number of benzene rings is 2. The molecule has 174 valence electrons. The Bertz CT molecular complexity index is 1360. The first kappa shape index (κ1) is 21.9. The van der Waals surface area contributed by atoms with Crippen molar-refractivity contribution in [1.29, 1.82) is 0 Å². The molecule has 2 aromatic carbocycles. The molecule has 2 aromatic heterocycles. The Morgan fingerprint density at radius 1 is 1.06 bits per heavy atom. The summed E-state index contributed by atoms with van der Waals surface area (Å²) in [6.07, 6.45) is 3.68. The van der Waals surface area contributed by atoms with Crippen LogP contribution >= 0.6 is 0 Å². The maximum atomic E-state index is 13.2. The Hall–Kier alpha value is -3.87. The Morgan fingerprint density at radius 3 is 2.50 bits per heavy atom. The van der Waals surface area contributed by atoms with Gasteiger partial charge in [-0.1, -0.05) is 18.2 Å². The Morgan fingerprint density at radius 2 is 1.79 bits per heavy atom. The number of hydrogen-bond donors (Lipinski definition) is 1. The first-order valence-corrected chi connectivity index (χ1v) is 11.6. The standard InChI is InChI=1S/C27H28N4O3/c1-17-25(18(2)31(29-17)20-7-5-4-6-8-20)26(32)27(33)30-13-11-19(12-14-30)23-16-28-24-10-9-21(34-3)15-22(23)24/h4-10,15-16,19,28H,11-14H2,1-3H3. The summed E-state index contributed by atoms with van der Waals surface area (Å²) in [5.41, 5.74) is 4.84. The quantitative estimate of drug-likeness (QED) is 0.352. The monoisotopic (exact) mass is 456 g/mol. The fourth-order valence-electron chi connectivity index (χ4n) is 5.02. The van der Waals surface area contributed by atoms with Crippen LogP contribution in [0.1, 0.15) is 46.1 Å². The lowest BCUT2D eigenvalue weighted by Crippen LogP contribution is -2.42. The van der Waals surface area contributed by atoms with Crippen LogP contribution in [0.3, 0.4) is 0 Å². The summed E-state index contributed by atoms with van der Waals surface area (Å²) in [5.74, 6) is 0.225. The van der Waals surface area contributed by atoms with Crippen molar-refractivity contribution in [2.75, 3.05) is 20.2 Å². The van der Waals surface area contributed by atoms with Crippen molar-refractivity contribution >= 4 is 22.6 Å². The second kappa shape index (κ2) is 8.82. The van der Waals surface area contributed by atoms with E-state index >= 15 is 0 Å². The van der Waals surface area contributed by atoms with Crippen molar-refractivity contribution in [3.05, 3.63) is 77.2 Å². The number of piperidine rings is 1. The molecule has 7 nitrogen and oxygen atoms in total. The zero-order chi connectivity index (χ0) is 23.8. The summed E-state index contributed by atoms with van der Waals surface area (Å²) in [6, 6.07) is 15.7. The average Bonchev–Trinajstić information content (AvgIpc) is 3.43. The van der Waals surface area contributed by atoms with Gasteiger partial charge in [-0.25, -0.2) is 4.68 Å². The molecule has 1 amide bonds. The molecule has 0 radical (unpaired) electrons. The van der Waals surface area contributed by atoms with Gasteiger partial charge in [0.15, 0.2) is 0 Å². The summed E-state index contributed by atoms with van der Waals surface area (Å²) in [6.45, 7) is 4.73. The molecule has 34 heavy (non-hydrogen) atoms.